The number of H-pyrrole nitrogens is 2. The van der Waals surface area contributed by atoms with Crippen LogP contribution in [0.25, 0.3) is 11.0 Å². The van der Waals surface area contributed by atoms with Gasteiger partial charge in [-0.05, 0) is 42.5 Å². The third-order valence-electron chi connectivity index (χ3n) is 5.29. The predicted molar refractivity (Wildman–Crippen MR) is 131 cm³/mol. The van der Waals surface area contributed by atoms with Crippen molar-refractivity contribution in [1.29, 1.82) is 0 Å². The average molecular weight is 486 g/mol. The van der Waals surface area contributed by atoms with E-state index in [1.165, 1.54) is 12.8 Å². The lowest BCUT2D eigenvalue weighted by Gasteiger charge is -2.13. The van der Waals surface area contributed by atoms with Gasteiger partial charge in [-0.25, -0.2) is 4.79 Å². The molecule has 0 radical (unpaired) electrons. The van der Waals surface area contributed by atoms with Crippen LogP contribution in [-0.4, -0.2) is 49.1 Å². The van der Waals surface area contributed by atoms with Gasteiger partial charge in [0.25, 0.3) is 11.5 Å². The highest BCUT2D eigenvalue weighted by atomic mass is 16.4. The summed E-state index contributed by atoms with van der Waals surface area (Å²) in [6.45, 7) is 4.36. The third kappa shape index (κ3) is 7.98. The fourth-order valence-corrected chi connectivity index (χ4v) is 3.19. The molecule has 188 valence electrons. The number of carbonyl (C=O) groups excluding carboxylic acids is 1. The summed E-state index contributed by atoms with van der Waals surface area (Å²) >= 11 is 0. The number of aromatic amines is 2. The Morgan fingerprint density at radius 1 is 1.09 bits per heavy atom. The molecule has 0 saturated carbocycles. The number of benzene rings is 1. The number of nitrogens with zero attached hydrogens (tertiary/aromatic N) is 1. The van der Waals surface area contributed by atoms with Crippen LogP contribution in [-0.2, 0) is 22.4 Å². The SMILES string of the molecule is CCCC.Nc1nc2[nH]cc(CCc3ccc(C(=O)N[C@@H](CCC(=O)O)C(=O)O)cc3)c2c(=O)[nH]1. The zero-order valence-electron chi connectivity index (χ0n) is 19.8. The van der Waals surface area contributed by atoms with Crippen molar-refractivity contribution in [1.82, 2.24) is 20.3 Å². The van der Waals surface area contributed by atoms with Crippen molar-refractivity contribution < 1.29 is 24.6 Å². The number of hydrogen-bond donors (Lipinski definition) is 6. The molecule has 0 unspecified atom stereocenters. The number of carbonyl (C=O) groups is 3. The molecule has 1 aromatic carbocycles. The molecule has 35 heavy (non-hydrogen) atoms. The van der Waals surface area contributed by atoms with Gasteiger partial charge >= 0.3 is 11.9 Å². The summed E-state index contributed by atoms with van der Waals surface area (Å²) in [6.07, 6.45) is 4.91. The van der Waals surface area contributed by atoms with Crippen molar-refractivity contribution in [2.24, 2.45) is 0 Å². The monoisotopic (exact) mass is 485 g/mol. The minimum atomic E-state index is -1.30. The molecule has 0 bridgehead atoms. The van der Waals surface area contributed by atoms with E-state index in [0.29, 0.717) is 23.9 Å². The maximum absolute atomic E-state index is 12.3. The summed E-state index contributed by atoms with van der Waals surface area (Å²) in [4.78, 5) is 55.7. The van der Waals surface area contributed by atoms with Crippen LogP contribution in [0.2, 0.25) is 0 Å². The Morgan fingerprint density at radius 2 is 1.74 bits per heavy atom. The Hall–Kier alpha value is -4.15. The second-order valence-corrected chi connectivity index (χ2v) is 7.98. The Bertz CT molecular complexity index is 1210. The Kier molecular flexibility index (Phi) is 10.0. The molecular weight excluding hydrogens is 454 g/mol. The van der Waals surface area contributed by atoms with Crippen molar-refractivity contribution in [3.05, 3.63) is 57.5 Å². The van der Waals surface area contributed by atoms with E-state index in [9.17, 15) is 19.2 Å². The molecule has 3 rings (SSSR count). The standard InChI is InChI=1S/C20H21N5O6.C4H10/c21-20-24-16-15(18(29)25-20)12(9-22-16)6-3-10-1-4-11(5-2-10)17(28)23-13(19(30)31)7-8-14(26)27;1-3-4-2/h1-2,4-5,9,13H,3,6-8H2,(H,23,28)(H,26,27)(H,30,31)(H4,21,22,24,25,29);3-4H2,1-2H3/t13-;/m0./s1. The van der Waals surface area contributed by atoms with Gasteiger partial charge in [0.15, 0.2) is 0 Å². The normalized spacial score (nSPS) is 11.4. The number of anilines is 1. The number of carboxylic acids is 2. The summed E-state index contributed by atoms with van der Waals surface area (Å²) in [7, 11) is 0. The van der Waals surface area contributed by atoms with Crippen LogP contribution >= 0.6 is 0 Å². The zero-order valence-corrected chi connectivity index (χ0v) is 19.8. The molecule has 0 aliphatic carbocycles. The van der Waals surface area contributed by atoms with Crippen LogP contribution in [0.15, 0.2) is 35.3 Å². The average Bonchev–Trinajstić information content (AvgIpc) is 3.23. The lowest BCUT2D eigenvalue weighted by molar-refractivity contribution is -0.140. The van der Waals surface area contributed by atoms with Crippen LogP contribution in [0.5, 0.6) is 0 Å². The first-order chi connectivity index (χ1) is 16.7. The van der Waals surface area contributed by atoms with E-state index in [2.05, 4.69) is 34.1 Å². The van der Waals surface area contributed by atoms with Crippen molar-refractivity contribution in [2.75, 3.05) is 5.73 Å². The molecule has 1 amide bonds. The summed E-state index contributed by atoms with van der Waals surface area (Å²) in [6, 6.07) is 5.30. The van der Waals surface area contributed by atoms with E-state index in [1.54, 1.807) is 30.5 Å². The number of carboxylic acid groups (broad SMARTS) is 2. The highest BCUT2D eigenvalue weighted by molar-refractivity contribution is 5.96. The topological polar surface area (TPSA) is 191 Å². The molecule has 11 nitrogen and oxygen atoms in total. The van der Waals surface area contributed by atoms with E-state index in [-0.39, 0.29) is 29.9 Å². The molecule has 0 saturated heterocycles. The van der Waals surface area contributed by atoms with Crippen molar-refractivity contribution in [2.45, 2.75) is 58.4 Å². The molecule has 0 spiro atoms. The largest absolute Gasteiger partial charge is 0.481 e. The summed E-state index contributed by atoms with van der Waals surface area (Å²) < 4.78 is 0. The lowest BCUT2D eigenvalue weighted by atomic mass is 10.0. The fraction of sp³-hybridized carbons (Fsp3) is 0.375. The van der Waals surface area contributed by atoms with E-state index < -0.39 is 23.9 Å². The number of unbranched alkanes of at least 4 members (excludes halogenated alkanes) is 1. The van der Waals surface area contributed by atoms with Gasteiger partial charge in [-0.3, -0.25) is 19.4 Å². The second-order valence-electron chi connectivity index (χ2n) is 7.98. The lowest BCUT2D eigenvalue weighted by Crippen LogP contribution is -2.41. The molecule has 3 aromatic rings. The van der Waals surface area contributed by atoms with Gasteiger partial charge in [0, 0.05) is 18.2 Å². The number of hydrogen-bond acceptors (Lipinski definition) is 6. The highest BCUT2D eigenvalue weighted by Crippen LogP contribution is 2.16. The van der Waals surface area contributed by atoms with Crippen molar-refractivity contribution in [3.8, 4) is 0 Å². The summed E-state index contributed by atoms with van der Waals surface area (Å²) in [5.41, 5.74) is 7.59. The number of aliphatic carboxylic acids is 2. The third-order valence-corrected chi connectivity index (χ3v) is 5.29. The van der Waals surface area contributed by atoms with Crippen LogP contribution in [0.4, 0.5) is 5.95 Å². The van der Waals surface area contributed by atoms with Gasteiger partial charge < -0.3 is 26.2 Å². The molecule has 7 N–H and O–H groups in total. The van der Waals surface area contributed by atoms with E-state index >= 15 is 0 Å². The van der Waals surface area contributed by atoms with E-state index in [1.807, 2.05) is 0 Å². The van der Waals surface area contributed by atoms with E-state index in [4.69, 9.17) is 15.9 Å². The molecule has 11 heteroatoms. The molecule has 1 atom stereocenters. The van der Waals surface area contributed by atoms with Crippen LogP contribution < -0.4 is 16.6 Å². The maximum atomic E-state index is 12.3. The summed E-state index contributed by atoms with van der Waals surface area (Å²) in [5.74, 6) is -3.00. The maximum Gasteiger partial charge on any atom is 0.326 e. The Morgan fingerprint density at radius 3 is 2.31 bits per heavy atom. The number of amides is 1. The van der Waals surface area contributed by atoms with E-state index in [0.717, 1.165) is 11.1 Å². The minimum absolute atomic E-state index is 0.0351. The smallest absolute Gasteiger partial charge is 0.326 e. The Labute approximate surface area is 201 Å². The number of nitrogens with one attached hydrogen (secondary N) is 3. The molecule has 0 aliphatic rings. The number of nitrogen functional groups attached to an aromatic ring is 1. The first-order valence-electron chi connectivity index (χ1n) is 11.4. The number of rotatable bonds is 10. The minimum Gasteiger partial charge on any atom is -0.481 e. The van der Waals surface area contributed by atoms with Crippen LogP contribution in [0.1, 0.15) is 61.0 Å². The zero-order chi connectivity index (χ0) is 26.0. The fourth-order valence-electron chi connectivity index (χ4n) is 3.19. The molecule has 2 aromatic heterocycles. The first kappa shape index (κ1) is 27.1. The predicted octanol–water partition coefficient (Wildman–Crippen LogP) is 2.47. The van der Waals surface area contributed by atoms with Crippen molar-refractivity contribution in [3.63, 3.8) is 0 Å². The molecule has 2 heterocycles. The molecular formula is C24H31N5O6. The van der Waals surface area contributed by atoms with Crippen LogP contribution in [0, 0.1) is 0 Å². The van der Waals surface area contributed by atoms with Gasteiger partial charge in [-0.15, -0.1) is 0 Å². The molecule has 0 fully saturated rings. The number of aromatic nitrogens is 3. The second kappa shape index (κ2) is 12.9. The van der Waals surface area contributed by atoms with Crippen LogP contribution in [0.3, 0.4) is 0 Å². The van der Waals surface area contributed by atoms with Crippen molar-refractivity contribution >= 4 is 34.8 Å². The molecule has 0 aliphatic heterocycles. The highest BCUT2D eigenvalue weighted by Gasteiger charge is 2.21. The quantitative estimate of drug-likeness (QED) is 0.252. The summed E-state index contributed by atoms with van der Waals surface area (Å²) in [5, 5.41) is 20.6. The van der Waals surface area contributed by atoms with Gasteiger partial charge in [-0.2, -0.15) is 4.98 Å². The van der Waals surface area contributed by atoms with Gasteiger partial charge in [0.1, 0.15) is 11.7 Å². The number of aryl methyl sites for hydroxylation is 2. The first-order valence-corrected chi connectivity index (χ1v) is 11.4. The van der Waals surface area contributed by atoms with Gasteiger partial charge in [0.2, 0.25) is 5.95 Å². The van der Waals surface area contributed by atoms with Gasteiger partial charge in [0.05, 0.1) is 5.39 Å². The van der Waals surface area contributed by atoms with Gasteiger partial charge in [-0.1, -0.05) is 38.8 Å². The Balaban J connectivity index is 0.00000100. The number of fused-ring (bicyclic) bond motifs is 1. The number of nitrogens with two attached hydrogens (primary N) is 1.